The van der Waals surface area contributed by atoms with E-state index in [2.05, 4.69) is 13.2 Å². The van der Waals surface area contributed by atoms with E-state index in [1.807, 2.05) is 24.3 Å². The van der Waals surface area contributed by atoms with Gasteiger partial charge in [-0.15, -0.1) is 0 Å². The number of esters is 1. The highest BCUT2D eigenvalue weighted by atomic mass is 16.5. The highest BCUT2D eigenvalue weighted by Crippen LogP contribution is 2.11. The molecule has 0 amide bonds. The maximum Gasteiger partial charge on any atom is 0.330 e. The van der Waals surface area contributed by atoms with Crippen LogP contribution in [-0.4, -0.2) is 5.97 Å². The smallest absolute Gasteiger partial charge is 0.330 e. The molecule has 0 spiro atoms. The number of carbonyl (C=O) groups excluding carboxylic acids is 1. The van der Waals surface area contributed by atoms with E-state index in [0.29, 0.717) is 0 Å². The van der Waals surface area contributed by atoms with Crippen LogP contribution in [0.25, 0.3) is 6.08 Å². The third-order valence-corrected chi connectivity index (χ3v) is 1.81. The minimum atomic E-state index is -0.413. The molecule has 14 heavy (non-hydrogen) atoms. The lowest BCUT2D eigenvalue weighted by Crippen LogP contribution is -2.01. The summed E-state index contributed by atoms with van der Waals surface area (Å²) < 4.78 is 4.91. The van der Waals surface area contributed by atoms with Gasteiger partial charge in [-0.3, -0.25) is 0 Å². The molecule has 0 bridgehead atoms. The lowest BCUT2D eigenvalue weighted by molar-refractivity contribution is -0.138. The summed E-state index contributed by atoms with van der Waals surface area (Å²) in [7, 11) is 0. The molecule has 1 aromatic carbocycles. The number of carbonyl (C=O) groups is 1. The Morgan fingerprint density at radius 3 is 2.71 bits per heavy atom. The van der Waals surface area contributed by atoms with Gasteiger partial charge in [0.2, 0.25) is 0 Å². The van der Waals surface area contributed by atoms with Crippen LogP contribution in [0.3, 0.4) is 0 Å². The van der Waals surface area contributed by atoms with E-state index in [9.17, 15) is 4.79 Å². The molecule has 0 N–H and O–H groups in total. The molecule has 72 valence electrons. The van der Waals surface area contributed by atoms with Crippen LogP contribution in [0.4, 0.5) is 0 Å². The summed E-state index contributed by atoms with van der Waals surface area (Å²) in [5.74, 6) is -0.413. The maximum absolute atomic E-state index is 10.8. The van der Waals surface area contributed by atoms with Gasteiger partial charge in [-0.25, -0.2) is 4.79 Å². The fourth-order valence-electron chi connectivity index (χ4n) is 1.07. The van der Waals surface area contributed by atoms with Crippen LogP contribution in [0, 0.1) is 0 Å². The number of hydrogen-bond donors (Lipinski definition) is 0. The summed E-state index contributed by atoms with van der Waals surface area (Å²) in [5, 5.41) is 0. The minimum Gasteiger partial charge on any atom is -0.458 e. The van der Waals surface area contributed by atoms with Crippen molar-refractivity contribution >= 4 is 12.0 Å². The standard InChI is InChI=1S/C12H12O2/c1-3-10-7-5-6-8-11(10)9-14-12(13)4-2/h3-8H,1-2,9H2. The molecular formula is C12H12O2. The van der Waals surface area contributed by atoms with E-state index in [-0.39, 0.29) is 6.61 Å². The molecule has 0 aromatic heterocycles. The predicted molar refractivity (Wildman–Crippen MR) is 56.5 cm³/mol. The topological polar surface area (TPSA) is 26.3 Å². The molecule has 0 aliphatic heterocycles. The SMILES string of the molecule is C=CC(=O)OCc1ccccc1C=C. The fraction of sp³-hybridized carbons (Fsp3) is 0.0833. The number of ether oxygens (including phenoxy) is 1. The molecule has 1 aromatic rings. The average molecular weight is 188 g/mol. The third kappa shape index (κ3) is 2.59. The van der Waals surface area contributed by atoms with Gasteiger partial charge in [0, 0.05) is 6.08 Å². The van der Waals surface area contributed by atoms with Crippen LogP contribution in [0.5, 0.6) is 0 Å². The Labute approximate surface area is 83.5 Å². The summed E-state index contributed by atoms with van der Waals surface area (Å²) in [5.41, 5.74) is 1.92. The van der Waals surface area contributed by atoms with Crippen molar-refractivity contribution in [2.75, 3.05) is 0 Å². The van der Waals surface area contributed by atoms with Gasteiger partial charge in [-0.1, -0.05) is 43.5 Å². The number of benzene rings is 1. The van der Waals surface area contributed by atoms with Crippen molar-refractivity contribution in [2.45, 2.75) is 6.61 Å². The Morgan fingerprint density at radius 2 is 2.07 bits per heavy atom. The van der Waals surface area contributed by atoms with Gasteiger partial charge in [0.25, 0.3) is 0 Å². The van der Waals surface area contributed by atoms with E-state index in [1.54, 1.807) is 6.08 Å². The summed E-state index contributed by atoms with van der Waals surface area (Å²) >= 11 is 0. The zero-order valence-electron chi connectivity index (χ0n) is 7.90. The second-order valence-electron chi connectivity index (χ2n) is 2.71. The van der Waals surface area contributed by atoms with Crippen molar-refractivity contribution in [3.63, 3.8) is 0 Å². The molecule has 0 unspecified atom stereocenters. The van der Waals surface area contributed by atoms with Crippen molar-refractivity contribution < 1.29 is 9.53 Å². The van der Waals surface area contributed by atoms with Gasteiger partial charge in [-0.05, 0) is 11.1 Å². The van der Waals surface area contributed by atoms with Crippen LogP contribution < -0.4 is 0 Å². The zero-order valence-corrected chi connectivity index (χ0v) is 7.90. The van der Waals surface area contributed by atoms with Crippen molar-refractivity contribution in [1.82, 2.24) is 0 Å². The molecular weight excluding hydrogens is 176 g/mol. The first-order valence-corrected chi connectivity index (χ1v) is 4.27. The lowest BCUT2D eigenvalue weighted by atomic mass is 10.1. The monoisotopic (exact) mass is 188 g/mol. The van der Waals surface area contributed by atoms with Crippen molar-refractivity contribution in [3.8, 4) is 0 Å². The van der Waals surface area contributed by atoms with E-state index in [1.165, 1.54) is 0 Å². The van der Waals surface area contributed by atoms with Crippen molar-refractivity contribution in [2.24, 2.45) is 0 Å². The molecule has 0 aliphatic carbocycles. The molecule has 0 saturated heterocycles. The number of hydrogen-bond acceptors (Lipinski definition) is 2. The second-order valence-corrected chi connectivity index (χ2v) is 2.71. The minimum absolute atomic E-state index is 0.257. The van der Waals surface area contributed by atoms with Crippen LogP contribution in [0.2, 0.25) is 0 Å². The quantitative estimate of drug-likeness (QED) is 0.536. The van der Waals surface area contributed by atoms with Crippen LogP contribution in [0.1, 0.15) is 11.1 Å². The largest absolute Gasteiger partial charge is 0.458 e. The van der Waals surface area contributed by atoms with Gasteiger partial charge in [-0.2, -0.15) is 0 Å². The highest BCUT2D eigenvalue weighted by Gasteiger charge is 2.00. The summed E-state index contributed by atoms with van der Waals surface area (Å²) in [6.07, 6.45) is 2.88. The Morgan fingerprint density at radius 1 is 1.36 bits per heavy atom. The first kappa shape index (κ1) is 10.3. The Kier molecular flexibility index (Phi) is 3.68. The van der Waals surface area contributed by atoms with Crippen molar-refractivity contribution in [1.29, 1.82) is 0 Å². The Hall–Kier alpha value is -1.83. The summed E-state index contributed by atoms with van der Waals surface area (Å²) in [6.45, 7) is 7.26. The Bertz CT molecular complexity index is 353. The molecule has 1 rings (SSSR count). The fourth-order valence-corrected chi connectivity index (χ4v) is 1.07. The van der Waals surface area contributed by atoms with Crippen LogP contribution in [-0.2, 0) is 16.1 Å². The van der Waals surface area contributed by atoms with E-state index in [4.69, 9.17) is 4.74 Å². The Balaban J connectivity index is 2.70. The first-order valence-electron chi connectivity index (χ1n) is 4.27. The van der Waals surface area contributed by atoms with E-state index < -0.39 is 5.97 Å². The molecule has 0 atom stereocenters. The van der Waals surface area contributed by atoms with Gasteiger partial charge < -0.3 is 4.74 Å². The molecule has 0 saturated carbocycles. The lowest BCUT2D eigenvalue weighted by Gasteiger charge is -2.05. The highest BCUT2D eigenvalue weighted by molar-refractivity contribution is 5.81. The van der Waals surface area contributed by atoms with Crippen LogP contribution in [0.15, 0.2) is 43.5 Å². The van der Waals surface area contributed by atoms with Gasteiger partial charge in [0.1, 0.15) is 6.61 Å². The maximum atomic E-state index is 10.8. The molecule has 0 heterocycles. The normalized spacial score (nSPS) is 9.14. The summed E-state index contributed by atoms with van der Waals surface area (Å²) in [4.78, 5) is 10.8. The molecule has 2 heteroatoms. The third-order valence-electron chi connectivity index (χ3n) is 1.81. The van der Waals surface area contributed by atoms with Crippen molar-refractivity contribution in [3.05, 3.63) is 54.6 Å². The number of rotatable bonds is 4. The van der Waals surface area contributed by atoms with E-state index in [0.717, 1.165) is 17.2 Å². The molecule has 0 radical (unpaired) electrons. The average Bonchev–Trinajstić information content (AvgIpc) is 2.26. The first-order chi connectivity index (χ1) is 6.77. The van der Waals surface area contributed by atoms with Gasteiger partial charge in [0.05, 0.1) is 0 Å². The second kappa shape index (κ2) is 5.02. The predicted octanol–water partition coefficient (Wildman–Crippen LogP) is 2.56. The molecule has 0 aliphatic rings. The molecule has 2 nitrogen and oxygen atoms in total. The summed E-state index contributed by atoms with van der Waals surface area (Å²) in [6, 6.07) is 7.62. The zero-order chi connectivity index (χ0) is 10.4. The van der Waals surface area contributed by atoms with E-state index >= 15 is 0 Å². The van der Waals surface area contributed by atoms with Gasteiger partial charge >= 0.3 is 5.97 Å². The molecule has 0 fully saturated rings. The van der Waals surface area contributed by atoms with Gasteiger partial charge in [0.15, 0.2) is 0 Å². The van der Waals surface area contributed by atoms with Crippen LogP contribution >= 0.6 is 0 Å².